The zero-order chi connectivity index (χ0) is 14.7. The lowest BCUT2D eigenvalue weighted by Crippen LogP contribution is -2.38. The molecule has 0 saturated carbocycles. The van der Waals surface area contributed by atoms with Crippen LogP contribution >= 0.6 is 0 Å². The van der Waals surface area contributed by atoms with Crippen molar-refractivity contribution in [1.29, 1.82) is 0 Å². The predicted octanol–water partition coefficient (Wildman–Crippen LogP) is 1.48. The van der Waals surface area contributed by atoms with E-state index in [0.717, 1.165) is 68.9 Å². The number of aromatic amines is 1. The van der Waals surface area contributed by atoms with Crippen molar-refractivity contribution in [3.8, 4) is 11.5 Å². The zero-order valence-corrected chi connectivity index (χ0v) is 12.8. The van der Waals surface area contributed by atoms with Gasteiger partial charge in [-0.25, -0.2) is 9.97 Å². The number of rotatable bonds is 5. The molecule has 1 aliphatic heterocycles. The van der Waals surface area contributed by atoms with Crippen LogP contribution in [0.15, 0.2) is 12.4 Å². The maximum absolute atomic E-state index is 5.39. The molecule has 0 aliphatic carbocycles. The number of aryl methyl sites for hydroxylation is 2. The minimum absolute atomic E-state index is 0.842. The molecule has 0 spiro atoms. The number of imidazole rings is 2. The molecule has 0 aromatic carbocycles. The lowest BCUT2D eigenvalue weighted by atomic mass is 10.3. The number of nitrogens with zero attached hydrogens (tertiary/aromatic N) is 4. The van der Waals surface area contributed by atoms with E-state index < -0.39 is 0 Å². The highest BCUT2D eigenvalue weighted by Gasteiger charge is 2.15. The Morgan fingerprint density at radius 1 is 1.29 bits per heavy atom. The number of H-pyrrole nitrogens is 1. The first-order valence-electron chi connectivity index (χ1n) is 7.65. The molecule has 0 bridgehead atoms. The molecule has 1 aliphatic rings. The van der Waals surface area contributed by atoms with Crippen molar-refractivity contribution < 1.29 is 4.74 Å². The lowest BCUT2D eigenvalue weighted by molar-refractivity contribution is 0.0364. The van der Waals surface area contributed by atoms with Crippen molar-refractivity contribution >= 4 is 0 Å². The third-order valence-electron chi connectivity index (χ3n) is 3.96. The van der Waals surface area contributed by atoms with E-state index in [0.29, 0.717) is 0 Å². The van der Waals surface area contributed by atoms with Gasteiger partial charge in [0.25, 0.3) is 0 Å². The van der Waals surface area contributed by atoms with Gasteiger partial charge in [-0.15, -0.1) is 0 Å². The van der Waals surface area contributed by atoms with E-state index in [1.54, 1.807) is 0 Å². The van der Waals surface area contributed by atoms with Crippen molar-refractivity contribution in [3.63, 3.8) is 0 Å². The predicted molar refractivity (Wildman–Crippen MR) is 81.2 cm³/mol. The fourth-order valence-corrected chi connectivity index (χ4v) is 2.69. The largest absolute Gasteiger partial charge is 0.379 e. The Hall–Kier alpha value is -1.66. The van der Waals surface area contributed by atoms with Gasteiger partial charge in [0.2, 0.25) is 0 Å². The fourth-order valence-electron chi connectivity index (χ4n) is 2.69. The van der Waals surface area contributed by atoms with Crippen LogP contribution in [0.3, 0.4) is 0 Å². The summed E-state index contributed by atoms with van der Waals surface area (Å²) in [6.07, 6.45) is 4.80. The summed E-state index contributed by atoms with van der Waals surface area (Å²) >= 11 is 0. The fraction of sp³-hybridized carbons (Fsp3) is 0.600. The van der Waals surface area contributed by atoms with Crippen molar-refractivity contribution in [3.05, 3.63) is 23.9 Å². The first kappa shape index (κ1) is 14.3. The van der Waals surface area contributed by atoms with Gasteiger partial charge in [-0.1, -0.05) is 6.92 Å². The normalized spacial score (nSPS) is 16.5. The van der Waals surface area contributed by atoms with Gasteiger partial charge in [-0.2, -0.15) is 0 Å². The van der Waals surface area contributed by atoms with Crippen molar-refractivity contribution in [2.24, 2.45) is 0 Å². The summed E-state index contributed by atoms with van der Waals surface area (Å²) < 4.78 is 7.58. The summed E-state index contributed by atoms with van der Waals surface area (Å²) in [5, 5.41) is 0. The summed E-state index contributed by atoms with van der Waals surface area (Å²) in [7, 11) is 0. The molecule has 0 amide bonds. The molecule has 6 heteroatoms. The van der Waals surface area contributed by atoms with E-state index >= 15 is 0 Å². The Balaban J connectivity index is 1.72. The van der Waals surface area contributed by atoms with Crippen LogP contribution in [0.1, 0.15) is 18.4 Å². The summed E-state index contributed by atoms with van der Waals surface area (Å²) in [6, 6.07) is 0. The number of nitrogens with one attached hydrogen (secondary N) is 1. The second-order valence-corrected chi connectivity index (χ2v) is 5.41. The summed E-state index contributed by atoms with van der Waals surface area (Å²) in [6.45, 7) is 9.84. The Bertz CT molecular complexity index is 583. The Morgan fingerprint density at radius 3 is 2.81 bits per heavy atom. The third kappa shape index (κ3) is 3.16. The monoisotopic (exact) mass is 289 g/mol. The van der Waals surface area contributed by atoms with Crippen LogP contribution in [0.4, 0.5) is 0 Å². The first-order chi connectivity index (χ1) is 10.3. The van der Waals surface area contributed by atoms with E-state index in [4.69, 9.17) is 4.74 Å². The highest BCUT2D eigenvalue weighted by Crippen LogP contribution is 2.19. The smallest absolute Gasteiger partial charge is 0.160 e. The van der Waals surface area contributed by atoms with Crippen LogP contribution in [-0.2, 0) is 17.7 Å². The Labute approximate surface area is 125 Å². The minimum atomic E-state index is 0.842. The molecule has 1 saturated heterocycles. The molecule has 3 rings (SSSR count). The van der Waals surface area contributed by atoms with Crippen LogP contribution in [0.5, 0.6) is 0 Å². The standard InChI is InChI=1S/C15H23N5O/c1-3-13-17-12(2)14(18-13)15-16-4-5-20(15)7-6-19-8-10-21-11-9-19/h4-5H,3,6-11H2,1-2H3,(H,17,18). The van der Waals surface area contributed by atoms with Crippen LogP contribution < -0.4 is 0 Å². The molecule has 1 N–H and O–H groups in total. The average molecular weight is 289 g/mol. The highest BCUT2D eigenvalue weighted by atomic mass is 16.5. The van der Waals surface area contributed by atoms with Gasteiger partial charge < -0.3 is 14.3 Å². The topological polar surface area (TPSA) is 59.0 Å². The minimum Gasteiger partial charge on any atom is -0.379 e. The molecule has 21 heavy (non-hydrogen) atoms. The first-order valence-corrected chi connectivity index (χ1v) is 7.65. The number of aromatic nitrogens is 4. The summed E-state index contributed by atoms with van der Waals surface area (Å²) in [4.78, 5) is 14.9. The summed E-state index contributed by atoms with van der Waals surface area (Å²) in [5.74, 6) is 1.97. The molecular formula is C15H23N5O. The molecule has 3 heterocycles. The molecule has 114 valence electrons. The third-order valence-corrected chi connectivity index (χ3v) is 3.96. The highest BCUT2D eigenvalue weighted by molar-refractivity contribution is 5.53. The van der Waals surface area contributed by atoms with Crippen LogP contribution in [0.2, 0.25) is 0 Å². The van der Waals surface area contributed by atoms with Gasteiger partial charge >= 0.3 is 0 Å². The average Bonchev–Trinajstić information content (AvgIpc) is 3.12. The number of hydrogen-bond donors (Lipinski definition) is 1. The van der Waals surface area contributed by atoms with E-state index in [1.807, 2.05) is 12.4 Å². The molecule has 2 aromatic rings. The van der Waals surface area contributed by atoms with Crippen molar-refractivity contribution in [2.75, 3.05) is 32.8 Å². The molecule has 6 nitrogen and oxygen atoms in total. The van der Waals surface area contributed by atoms with E-state index in [1.165, 1.54) is 0 Å². The van der Waals surface area contributed by atoms with Crippen LogP contribution in [-0.4, -0.2) is 57.3 Å². The Kier molecular flexibility index (Phi) is 4.36. The van der Waals surface area contributed by atoms with E-state index in [2.05, 4.69) is 38.3 Å². The number of morpholine rings is 1. The van der Waals surface area contributed by atoms with Gasteiger partial charge in [-0.3, -0.25) is 4.90 Å². The van der Waals surface area contributed by atoms with E-state index in [9.17, 15) is 0 Å². The van der Waals surface area contributed by atoms with E-state index in [-0.39, 0.29) is 0 Å². The SMILES string of the molecule is CCc1nc(-c2nccn2CCN2CCOCC2)c(C)[nH]1. The van der Waals surface area contributed by atoms with Crippen molar-refractivity contribution in [2.45, 2.75) is 26.8 Å². The quantitative estimate of drug-likeness (QED) is 0.905. The molecule has 0 radical (unpaired) electrons. The van der Waals surface area contributed by atoms with Gasteiger partial charge in [0.05, 0.1) is 13.2 Å². The molecule has 2 aromatic heterocycles. The van der Waals surface area contributed by atoms with Crippen LogP contribution in [0.25, 0.3) is 11.5 Å². The number of ether oxygens (including phenoxy) is 1. The lowest BCUT2D eigenvalue weighted by Gasteiger charge is -2.26. The van der Waals surface area contributed by atoms with Crippen LogP contribution in [0, 0.1) is 6.92 Å². The van der Waals surface area contributed by atoms with Gasteiger partial charge in [0, 0.05) is 50.7 Å². The van der Waals surface area contributed by atoms with Gasteiger partial charge in [0.15, 0.2) is 5.82 Å². The summed E-state index contributed by atoms with van der Waals surface area (Å²) in [5.41, 5.74) is 2.06. The maximum Gasteiger partial charge on any atom is 0.160 e. The Morgan fingerprint density at radius 2 is 2.10 bits per heavy atom. The maximum atomic E-state index is 5.39. The van der Waals surface area contributed by atoms with Crippen molar-refractivity contribution in [1.82, 2.24) is 24.4 Å². The van der Waals surface area contributed by atoms with Gasteiger partial charge in [-0.05, 0) is 6.92 Å². The molecular weight excluding hydrogens is 266 g/mol. The number of hydrogen-bond acceptors (Lipinski definition) is 4. The molecule has 0 atom stereocenters. The molecule has 0 unspecified atom stereocenters. The zero-order valence-electron chi connectivity index (χ0n) is 12.8. The second-order valence-electron chi connectivity index (χ2n) is 5.41. The molecule has 1 fully saturated rings. The van der Waals surface area contributed by atoms with Gasteiger partial charge in [0.1, 0.15) is 11.5 Å². The second kappa shape index (κ2) is 6.41.